The zero-order chi connectivity index (χ0) is 22.1. The van der Waals surface area contributed by atoms with Gasteiger partial charge in [0.1, 0.15) is 17.0 Å². The van der Waals surface area contributed by atoms with Crippen molar-refractivity contribution in [3.05, 3.63) is 60.3 Å². The largest absolute Gasteiger partial charge is 0.382 e. The van der Waals surface area contributed by atoms with E-state index in [1.54, 1.807) is 12.4 Å². The molecular formula is C23H23N7O2. The van der Waals surface area contributed by atoms with E-state index in [0.717, 1.165) is 29.9 Å². The van der Waals surface area contributed by atoms with E-state index in [1.807, 2.05) is 47.9 Å². The Labute approximate surface area is 184 Å². The number of nitrogen functional groups attached to an aromatic ring is 1. The maximum atomic E-state index is 12.9. The molecule has 162 valence electrons. The number of hydrogen-bond donors (Lipinski definition) is 2. The standard InChI is InChI=1S/C23H23N7O2/c1-14-10-26-18-6-5-16(12-30(14)18)19-20(17-4-2-3-8-25-17)29-22(24)21(28-19)23(31)27-11-15-7-9-32-13-15/h2-6,8,10,12,15H,7,9,11,13H2,1H3,(H2,24,29)(H,27,31). The quantitative estimate of drug-likeness (QED) is 0.500. The van der Waals surface area contributed by atoms with Gasteiger partial charge in [-0.25, -0.2) is 15.0 Å². The molecule has 0 spiro atoms. The summed E-state index contributed by atoms with van der Waals surface area (Å²) in [5.41, 5.74) is 10.5. The van der Waals surface area contributed by atoms with E-state index in [9.17, 15) is 4.79 Å². The lowest BCUT2D eigenvalue weighted by Gasteiger charge is -2.14. The zero-order valence-corrected chi connectivity index (χ0v) is 17.7. The van der Waals surface area contributed by atoms with Crippen LogP contribution in [-0.2, 0) is 4.74 Å². The molecule has 1 aliphatic rings. The average molecular weight is 429 g/mol. The third-order valence-corrected chi connectivity index (χ3v) is 5.58. The molecule has 3 N–H and O–H groups in total. The Morgan fingerprint density at radius 1 is 1.22 bits per heavy atom. The topological polar surface area (TPSA) is 120 Å². The predicted molar refractivity (Wildman–Crippen MR) is 120 cm³/mol. The molecule has 5 heterocycles. The normalized spacial score (nSPS) is 15.8. The summed E-state index contributed by atoms with van der Waals surface area (Å²) in [4.78, 5) is 30.9. The number of carbonyl (C=O) groups excluding carboxylic acids is 1. The predicted octanol–water partition coefficient (Wildman–Crippen LogP) is 2.51. The number of nitrogens with two attached hydrogens (primary N) is 1. The number of hydrogen-bond acceptors (Lipinski definition) is 7. The van der Waals surface area contributed by atoms with Crippen LogP contribution in [0.4, 0.5) is 5.82 Å². The maximum absolute atomic E-state index is 12.9. The van der Waals surface area contributed by atoms with Crippen LogP contribution in [0.15, 0.2) is 48.9 Å². The molecule has 0 aliphatic carbocycles. The summed E-state index contributed by atoms with van der Waals surface area (Å²) in [7, 11) is 0. The lowest BCUT2D eigenvalue weighted by atomic mass is 10.1. The highest BCUT2D eigenvalue weighted by Crippen LogP contribution is 2.30. The molecule has 0 aromatic carbocycles. The summed E-state index contributed by atoms with van der Waals surface area (Å²) in [6.45, 7) is 3.86. The summed E-state index contributed by atoms with van der Waals surface area (Å²) in [6, 6.07) is 9.36. The fraction of sp³-hybridized carbons (Fsp3) is 0.261. The minimum absolute atomic E-state index is 0.0643. The highest BCUT2D eigenvalue weighted by atomic mass is 16.5. The van der Waals surface area contributed by atoms with E-state index >= 15 is 0 Å². The second-order valence-corrected chi connectivity index (χ2v) is 7.85. The molecule has 9 nitrogen and oxygen atoms in total. The van der Waals surface area contributed by atoms with E-state index in [2.05, 4.69) is 25.3 Å². The molecule has 1 fully saturated rings. The van der Waals surface area contributed by atoms with Crippen LogP contribution in [0.5, 0.6) is 0 Å². The first-order chi connectivity index (χ1) is 15.6. The van der Waals surface area contributed by atoms with Crippen molar-refractivity contribution in [1.82, 2.24) is 29.7 Å². The minimum atomic E-state index is -0.351. The fourth-order valence-electron chi connectivity index (χ4n) is 3.81. The molecule has 0 bridgehead atoms. The highest BCUT2D eigenvalue weighted by molar-refractivity contribution is 5.97. The van der Waals surface area contributed by atoms with Crippen molar-refractivity contribution in [3.63, 3.8) is 0 Å². The summed E-state index contributed by atoms with van der Waals surface area (Å²) in [5, 5.41) is 2.92. The van der Waals surface area contributed by atoms with Crippen molar-refractivity contribution in [2.45, 2.75) is 13.3 Å². The zero-order valence-electron chi connectivity index (χ0n) is 17.7. The Balaban J connectivity index is 1.59. The number of nitrogens with one attached hydrogen (secondary N) is 1. The van der Waals surface area contributed by atoms with Gasteiger partial charge in [0.2, 0.25) is 0 Å². The molecule has 9 heteroatoms. The Kier molecular flexibility index (Phi) is 5.24. The number of rotatable bonds is 5. The fourth-order valence-corrected chi connectivity index (χ4v) is 3.81. The average Bonchev–Trinajstić information content (AvgIpc) is 3.47. The number of ether oxygens (including phenoxy) is 1. The third kappa shape index (κ3) is 3.78. The number of pyridine rings is 2. The van der Waals surface area contributed by atoms with Crippen LogP contribution >= 0.6 is 0 Å². The van der Waals surface area contributed by atoms with Gasteiger partial charge < -0.3 is 20.2 Å². The number of aryl methyl sites for hydroxylation is 1. The Morgan fingerprint density at radius 2 is 2.12 bits per heavy atom. The lowest BCUT2D eigenvalue weighted by molar-refractivity contribution is 0.0941. The van der Waals surface area contributed by atoms with Crippen LogP contribution in [0.25, 0.3) is 28.3 Å². The van der Waals surface area contributed by atoms with E-state index < -0.39 is 0 Å². The molecule has 1 unspecified atom stereocenters. The lowest BCUT2D eigenvalue weighted by Crippen LogP contribution is -2.31. The number of imidazole rings is 1. The van der Waals surface area contributed by atoms with Gasteiger partial charge in [0.25, 0.3) is 5.91 Å². The summed E-state index contributed by atoms with van der Waals surface area (Å²) in [5.74, 6) is 0.0112. The Hall–Kier alpha value is -3.85. The third-order valence-electron chi connectivity index (χ3n) is 5.58. The molecule has 1 atom stereocenters. The van der Waals surface area contributed by atoms with Crippen LogP contribution in [0.1, 0.15) is 22.6 Å². The molecule has 1 saturated heterocycles. The van der Waals surface area contributed by atoms with Crippen molar-refractivity contribution in [2.24, 2.45) is 5.92 Å². The highest BCUT2D eigenvalue weighted by Gasteiger charge is 2.22. The van der Waals surface area contributed by atoms with Crippen LogP contribution < -0.4 is 11.1 Å². The molecule has 1 aliphatic heterocycles. The molecule has 4 aromatic heterocycles. The first kappa shape index (κ1) is 20.1. The van der Waals surface area contributed by atoms with Gasteiger partial charge in [-0.2, -0.15) is 0 Å². The van der Waals surface area contributed by atoms with E-state index in [-0.39, 0.29) is 17.4 Å². The smallest absolute Gasteiger partial charge is 0.273 e. The van der Waals surface area contributed by atoms with Crippen LogP contribution in [0, 0.1) is 12.8 Å². The maximum Gasteiger partial charge on any atom is 0.273 e. The number of amides is 1. The Bertz CT molecular complexity index is 1280. The first-order valence-electron chi connectivity index (χ1n) is 10.5. The molecule has 0 saturated carbocycles. The molecule has 4 aromatic rings. The van der Waals surface area contributed by atoms with Gasteiger partial charge in [-0.3, -0.25) is 9.78 Å². The number of aromatic nitrogens is 5. The summed E-state index contributed by atoms with van der Waals surface area (Å²) >= 11 is 0. The van der Waals surface area contributed by atoms with Crippen molar-refractivity contribution >= 4 is 17.4 Å². The molecule has 1 amide bonds. The van der Waals surface area contributed by atoms with Crippen LogP contribution in [-0.4, -0.2) is 50.0 Å². The van der Waals surface area contributed by atoms with Crippen molar-refractivity contribution < 1.29 is 9.53 Å². The second kappa shape index (κ2) is 8.35. The summed E-state index contributed by atoms with van der Waals surface area (Å²) in [6.07, 6.45) is 6.35. The van der Waals surface area contributed by atoms with Crippen LogP contribution in [0.3, 0.4) is 0 Å². The van der Waals surface area contributed by atoms with E-state index in [0.29, 0.717) is 36.2 Å². The van der Waals surface area contributed by atoms with Crippen molar-refractivity contribution in [3.8, 4) is 22.6 Å². The number of nitrogens with zero attached hydrogens (tertiary/aromatic N) is 5. The van der Waals surface area contributed by atoms with Gasteiger partial charge in [0, 0.05) is 48.9 Å². The number of fused-ring (bicyclic) bond motifs is 1. The minimum Gasteiger partial charge on any atom is -0.382 e. The van der Waals surface area contributed by atoms with E-state index in [4.69, 9.17) is 10.5 Å². The van der Waals surface area contributed by atoms with E-state index in [1.165, 1.54) is 0 Å². The van der Waals surface area contributed by atoms with Gasteiger partial charge >= 0.3 is 0 Å². The van der Waals surface area contributed by atoms with Gasteiger partial charge in [-0.05, 0) is 37.6 Å². The van der Waals surface area contributed by atoms with Gasteiger partial charge in [0.15, 0.2) is 11.5 Å². The van der Waals surface area contributed by atoms with Gasteiger partial charge in [-0.15, -0.1) is 0 Å². The number of carbonyl (C=O) groups is 1. The number of anilines is 1. The molecular weight excluding hydrogens is 406 g/mol. The van der Waals surface area contributed by atoms with Crippen molar-refractivity contribution in [2.75, 3.05) is 25.5 Å². The molecule has 5 rings (SSSR count). The van der Waals surface area contributed by atoms with Crippen molar-refractivity contribution in [1.29, 1.82) is 0 Å². The Morgan fingerprint density at radius 3 is 2.91 bits per heavy atom. The SMILES string of the molecule is Cc1cnc2ccc(-c3nc(C(=O)NCC4CCOC4)c(N)nc3-c3ccccn3)cn12. The summed E-state index contributed by atoms with van der Waals surface area (Å²) < 4.78 is 7.35. The van der Waals surface area contributed by atoms with Gasteiger partial charge in [-0.1, -0.05) is 6.07 Å². The van der Waals surface area contributed by atoms with Crippen LogP contribution in [0.2, 0.25) is 0 Å². The monoisotopic (exact) mass is 429 g/mol. The second-order valence-electron chi connectivity index (χ2n) is 7.85. The first-order valence-corrected chi connectivity index (χ1v) is 10.5. The molecule has 32 heavy (non-hydrogen) atoms. The van der Waals surface area contributed by atoms with Gasteiger partial charge in [0.05, 0.1) is 12.3 Å². The molecule has 0 radical (unpaired) electrons.